The van der Waals surface area contributed by atoms with E-state index in [1.165, 1.54) is 25.7 Å². The monoisotopic (exact) mass is 289 g/mol. The Balaban J connectivity index is 1.90. The van der Waals surface area contributed by atoms with Gasteiger partial charge in [0, 0.05) is 12.2 Å². The first-order valence-corrected chi connectivity index (χ1v) is 7.72. The zero-order chi connectivity index (χ0) is 15.3. The van der Waals surface area contributed by atoms with Gasteiger partial charge in [-0.15, -0.1) is 0 Å². The number of benzene rings is 1. The molecule has 2 rings (SSSR count). The number of nitrogens with two attached hydrogens (primary N) is 1. The summed E-state index contributed by atoms with van der Waals surface area (Å²) >= 11 is 0. The van der Waals surface area contributed by atoms with Gasteiger partial charge >= 0.3 is 0 Å². The molecule has 3 N–H and O–H groups in total. The van der Waals surface area contributed by atoms with Crippen molar-refractivity contribution in [3.8, 4) is 5.75 Å². The largest absolute Gasteiger partial charge is 0.497 e. The maximum Gasteiger partial charge on any atom is 0.193 e. The van der Waals surface area contributed by atoms with Crippen molar-refractivity contribution in [2.24, 2.45) is 22.1 Å². The molecule has 1 aromatic carbocycles. The Kier molecular flexibility index (Phi) is 5.10. The summed E-state index contributed by atoms with van der Waals surface area (Å²) in [4.78, 5) is 4.53. The predicted octanol–water partition coefficient (Wildman–Crippen LogP) is 3.64. The van der Waals surface area contributed by atoms with Crippen LogP contribution < -0.4 is 15.8 Å². The second-order valence-corrected chi connectivity index (χ2v) is 6.52. The lowest BCUT2D eigenvalue weighted by molar-refractivity contribution is 0.228. The average Bonchev–Trinajstić information content (AvgIpc) is 3.01. The summed E-state index contributed by atoms with van der Waals surface area (Å²) in [6, 6.07) is 7.67. The number of nitrogens with zero attached hydrogens (tertiary/aromatic N) is 1. The molecule has 1 saturated carbocycles. The minimum Gasteiger partial charge on any atom is -0.497 e. The summed E-state index contributed by atoms with van der Waals surface area (Å²) in [6.45, 7) is 5.37. The van der Waals surface area contributed by atoms with E-state index in [4.69, 9.17) is 10.5 Å². The Bertz CT molecular complexity index is 473. The van der Waals surface area contributed by atoms with Gasteiger partial charge in [0.2, 0.25) is 0 Å². The van der Waals surface area contributed by atoms with Gasteiger partial charge in [-0.3, -0.25) is 4.99 Å². The van der Waals surface area contributed by atoms with Crippen LogP contribution in [0.4, 0.5) is 5.69 Å². The molecule has 0 aliphatic heterocycles. The lowest BCUT2D eigenvalue weighted by atomic mass is 9.78. The highest BCUT2D eigenvalue weighted by Crippen LogP contribution is 2.39. The summed E-state index contributed by atoms with van der Waals surface area (Å²) in [6.07, 6.45) is 5.37. The first-order valence-electron chi connectivity index (χ1n) is 7.72. The van der Waals surface area contributed by atoms with Crippen LogP contribution in [0, 0.1) is 11.3 Å². The molecular weight excluding hydrogens is 262 g/mol. The van der Waals surface area contributed by atoms with Crippen LogP contribution in [0.1, 0.15) is 39.5 Å². The van der Waals surface area contributed by atoms with Gasteiger partial charge in [0.15, 0.2) is 5.96 Å². The Morgan fingerprint density at radius 3 is 2.48 bits per heavy atom. The van der Waals surface area contributed by atoms with Crippen molar-refractivity contribution in [3.05, 3.63) is 24.3 Å². The SMILES string of the molecule is COc1ccc(NC(N)=NCC(C)(C)C2CCCC2)cc1. The van der Waals surface area contributed by atoms with E-state index >= 15 is 0 Å². The number of hydrogen-bond acceptors (Lipinski definition) is 2. The van der Waals surface area contributed by atoms with Crippen LogP contribution >= 0.6 is 0 Å². The van der Waals surface area contributed by atoms with Crippen molar-refractivity contribution in [3.63, 3.8) is 0 Å². The first-order chi connectivity index (χ1) is 10.0. The summed E-state index contributed by atoms with van der Waals surface area (Å²) in [5.74, 6) is 2.08. The molecule has 116 valence electrons. The van der Waals surface area contributed by atoms with Gasteiger partial charge in [-0.25, -0.2) is 0 Å². The topological polar surface area (TPSA) is 59.6 Å². The minimum atomic E-state index is 0.225. The zero-order valence-corrected chi connectivity index (χ0v) is 13.4. The molecule has 21 heavy (non-hydrogen) atoms. The van der Waals surface area contributed by atoms with Gasteiger partial charge in [-0.2, -0.15) is 0 Å². The molecule has 4 heteroatoms. The zero-order valence-electron chi connectivity index (χ0n) is 13.4. The second kappa shape index (κ2) is 6.83. The van der Waals surface area contributed by atoms with Gasteiger partial charge < -0.3 is 15.8 Å². The third-order valence-electron chi connectivity index (χ3n) is 4.48. The summed E-state index contributed by atoms with van der Waals surface area (Å²) in [5, 5.41) is 3.13. The van der Waals surface area contributed by atoms with Crippen LogP contribution in [-0.2, 0) is 0 Å². The van der Waals surface area contributed by atoms with E-state index in [9.17, 15) is 0 Å². The van der Waals surface area contributed by atoms with Crippen LogP contribution in [0.15, 0.2) is 29.3 Å². The standard InChI is InChI=1S/C17H27N3O/c1-17(2,13-6-4-5-7-13)12-19-16(18)20-14-8-10-15(21-3)11-9-14/h8-11,13H,4-7,12H2,1-3H3,(H3,18,19,20). The number of anilines is 1. The summed E-state index contributed by atoms with van der Waals surface area (Å²) in [5.41, 5.74) is 7.14. The molecule has 1 aromatic rings. The second-order valence-electron chi connectivity index (χ2n) is 6.52. The van der Waals surface area contributed by atoms with Crippen molar-refractivity contribution in [2.45, 2.75) is 39.5 Å². The number of nitrogens with one attached hydrogen (secondary N) is 1. The molecule has 0 bridgehead atoms. The Morgan fingerprint density at radius 1 is 1.29 bits per heavy atom. The fourth-order valence-corrected chi connectivity index (χ4v) is 2.99. The molecule has 4 nitrogen and oxygen atoms in total. The molecule has 1 aliphatic rings. The van der Waals surface area contributed by atoms with Gasteiger partial charge in [-0.05, 0) is 48.4 Å². The average molecular weight is 289 g/mol. The van der Waals surface area contributed by atoms with Crippen molar-refractivity contribution >= 4 is 11.6 Å². The molecular formula is C17H27N3O. The number of hydrogen-bond donors (Lipinski definition) is 2. The van der Waals surface area contributed by atoms with Crippen LogP contribution in [-0.4, -0.2) is 19.6 Å². The molecule has 0 aromatic heterocycles. The van der Waals surface area contributed by atoms with E-state index in [2.05, 4.69) is 24.2 Å². The van der Waals surface area contributed by atoms with E-state index in [0.717, 1.165) is 23.9 Å². The molecule has 1 aliphatic carbocycles. The van der Waals surface area contributed by atoms with E-state index in [-0.39, 0.29) is 5.41 Å². The molecule has 0 atom stereocenters. The number of methoxy groups -OCH3 is 1. The Morgan fingerprint density at radius 2 is 1.90 bits per heavy atom. The van der Waals surface area contributed by atoms with Gasteiger partial charge in [0.1, 0.15) is 5.75 Å². The lowest BCUT2D eigenvalue weighted by Crippen LogP contribution is -2.29. The Hall–Kier alpha value is -1.71. The van der Waals surface area contributed by atoms with Crippen LogP contribution in [0.25, 0.3) is 0 Å². The highest BCUT2D eigenvalue weighted by Gasteiger charge is 2.31. The molecule has 0 radical (unpaired) electrons. The van der Waals surface area contributed by atoms with Crippen molar-refractivity contribution in [1.29, 1.82) is 0 Å². The van der Waals surface area contributed by atoms with Crippen molar-refractivity contribution < 1.29 is 4.74 Å². The summed E-state index contributed by atoms with van der Waals surface area (Å²) < 4.78 is 5.13. The maximum absolute atomic E-state index is 5.99. The molecule has 0 spiro atoms. The number of aliphatic imine (C=N–C) groups is 1. The fourth-order valence-electron chi connectivity index (χ4n) is 2.99. The quantitative estimate of drug-likeness (QED) is 0.642. The van der Waals surface area contributed by atoms with Gasteiger partial charge in [0.25, 0.3) is 0 Å². The number of ether oxygens (including phenoxy) is 1. The predicted molar refractivity (Wildman–Crippen MR) is 88.8 cm³/mol. The highest BCUT2D eigenvalue weighted by atomic mass is 16.5. The number of rotatable bonds is 5. The van der Waals surface area contributed by atoms with Crippen molar-refractivity contribution in [2.75, 3.05) is 19.0 Å². The fraction of sp³-hybridized carbons (Fsp3) is 0.588. The maximum atomic E-state index is 5.99. The lowest BCUT2D eigenvalue weighted by Gasteiger charge is -2.30. The molecule has 0 heterocycles. The molecule has 0 unspecified atom stereocenters. The van der Waals surface area contributed by atoms with E-state index in [1.807, 2.05) is 24.3 Å². The summed E-state index contributed by atoms with van der Waals surface area (Å²) in [7, 11) is 1.66. The van der Waals surface area contributed by atoms with Crippen LogP contribution in [0.3, 0.4) is 0 Å². The normalized spacial score (nSPS) is 17.0. The van der Waals surface area contributed by atoms with E-state index in [1.54, 1.807) is 7.11 Å². The molecule has 1 fully saturated rings. The molecule has 0 amide bonds. The van der Waals surface area contributed by atoms with E-state index < -0.39 is 0 Å². The molecule has 0 saturated heterocycles. The van der Waals surface area contributed by atoms with Gasteiger partial charge in [0.05, 0.1) is 7.11 Å². The van der Waals surface area contributed by atoms with E-state index in [0.29, 0.717) is 5.96 Å². The first kappa shape index (κ1) is 15.7. The number of guanidine groups is 1. The highest BCUT2D eigenvalue weighted by molar-refractivity contribution is 5.92. The smallest absolute Gasteiger partial charge is 0.193 e. The Labute approximate surface area is 127 Å². The minimum absolute atomic E-state index is 0.225. The third-order valence-corrected chi connectivity index (χ3v) is 4.48. The van der Waals surface area contributed by atoms with Crippen molar-refractivity contribution in [1.82, 2.24) is 0 Å². The van der Waals surface area contributed by atoms with Gasteiger partial charge in [-0.1, -0.05) is 26.7 Å². The third kappa shape index (κ3) is 4.38. The van der Waals surface area contributed by atoms with Crippen LogP contribution in [0.5, 0.6) is 5.75 Å². The van der Waals surface area contributed by atoms with Crippen LogP contribution in [0.2, 0.25) is 0 Å².